The van der Waals surface area contributed by atoms with Gasteiger partial charge in [0, 0.05) is 5.41 Å². The average molecular weight is 268 g/mol. The van der Waals surface area contributed by atoms with Crippen molar-refractivity contribution in [1.82, 2.24) is 0 Å². The average Bonchev–Trinajstić information content (AvgIpc) is 2.58. The lowest BCUT2D eigenvalue weighted by molar-refractivity contribution is -0.166. The van der Waals surface area contributed by atoms with Gasteiger partial charge in [0.2, 0.25) is 0 Å². The smallest absolute Gasteiger partial charge is 0.332 e. The maximum atomic E-state index is 11.9. The molecule has 2 aliphatic carbocycles. The van der Waals surface area contributed by atoms with Crippen molar-refractivity contribution in [2.45, 2.75) is 72.5 Å². The second kappa shape index (κ2) is 4.47. The van der Waals surface area contributed by atoms with Crippen molar-refractivity contribution in [2.24, 2.45) is 16.7 Å². The fraction of sp³-hybridized carbons (Fsp3) is 0.938. The van der Waals surface area contributed by atoms with E-state index in [0.29, 0.717) is 5.92 Å². The number of rotatable bonds is 3. The Kier molecular flexibility index (Phi) is 3.49. The molecule has 3 atom stereocenters. The van der Waals surface area contributed by atoms with E-state index in [4.69, 9.17) is 9.47 Å². The van der Waals surface area contributed by atoms with E-state index in [9.17, 15) is 4.79 Å². The molecule has 2 saturated carbocycles. The van der Waals surface area contributed by atoms with Gasteiger partial charge in [-0.25, -0.2) is 4.79 Å². The summed E-state index contributed by atoms with van der Waals surface area (Å²) >= 11 is 0. The standard InChI is InChI=1S/C16H28O3/c1-14(2,3)18-10-13(17)19-12-9-11-7-8-16(12,6)15(11,4)5/h11-12H,7-10H2,1-6H3. The van der Waals surface area contributed by atoms with Gasteiger partial charge in [-0.2, -0.15) is 0 Å². The van der Waals surface area contributed by atoms with Crippen LogP contribution in [-0.4, -0.2) is 24.3 Å². The van der Waals surface area contributed by atoms with Crippen molar-refractivity contribution in [1.29, 1.82) is 0 Å². The largest absolute Gasteiger partial charge is 0.460 e. The molecule has 2 fully saturated rings. The van der Waals surface area contributed by atoms with Crippen molar-refractivity contribution < 1.29 is 14.3 Å². The molecule has 2 aliphatic rings. The summed E-state index contributed by atoms with van der Waals surface area (Å²) in [6, 6.07) is 0. The highest BCUT2D eigenvalue weighted by molar-refractivity contribution is 5.71. The van der Waals surface area contributed by atoms with Gasteiger partial charge in [0.1, 0.15) is 12.7 Å². The first-order chi connectivity index (χ1) is 8.56. The zero-order chi connectivity index (χ0) is 14.5. The predicted molar refractivity (Wildman–Crippen MR) is 74.8 cm³/mol. The van der Waals surface area contributed by atoms with Crippen LogP contribution >= 0.6 is 0 Å². The molecular formula is C16H28O3. The number of carbonyl (C=O) groups excluding carboxylic acids is 1. The van der Waals surface area contributed by atoms with E-state index < -0.39 is 0 Å². The zero-order valence-electron chi connectivity index (χ0n) is 13.2. The molecule has 0 amide bonds. The number of hydrogen-bond donors (Lipinski definition) is 0. The highest BCUT2D eigenvalue weighted by Crippen LogP contribution is 2.66. The quantitative estimate of drug-likeness (QED) is 0.734. The molecule has 0 saturated heterocycles. The Hall–Kier alpha value is -0.570. The minimum atomic E-state index is -0.295. The third kappa shape index (κ3) is 2.54. The summed E-state index contributed by atoms with van der Waals surface area (Å²) in [4.78, 5) is 11.9. The van der Waals surface area contributed by atoms with Crippen LogP contribution in [0, 0.1) is 16.7 Å². The molecule has 0 aromatic rings. The molecule has 3 heteroatoms. The lowest BCUT2D eigenvalue weighted by Gasteiger charge is -2.38. The van der Waals surface area contributed by atoms with Crippen LogP contribution in [0.4, 0.5) is 0 Å². The number of fused-ring (bicyclic) bond motifs is 2. The number of ether oxygens (including phenoxy) is 2. The lowest BCUT2D eigenvalue weighted by atomic mass is 9.70. The van der Waals surface area contributed by atoms with E-state index in [1.165, 1.54) is 12.8 Å². The van der Waals surface area contributed by atoms with E-state index in [-0.39, 0.29) is 35.1 Å². The van der Waals surface area contributed by atoms with Crippen LogP contribution in [0.5, 0.6) is 0 Å². The van der Waals surface area contributed by atoms with Crippen LogP contribution in [0.2, 0.25) is 0 Å². The molecule has 3 unspecified atom stereocenters. The van der Waals surface area contributed by atoms with Gasteiger partial charge in [-0.05, 0) is 51.4 Å². The highest BCUT2D eigenvalue weighted by atomic mass is 16.6. The first-order valence-corrected chi connectivity index (χ1v) is 7.40. The molecule has 19 heavy (non-hydrogen) atoms. The molecule has 110 valence electrons. The molecule has 3 nitrogen and oxygen atoms in total. The van der Waals surface area contributed by atoms with Gasteiger partial charge in [0.05, 0.1) is 5.60 Å². The summed E-state index contributed by atoms with van der Waals surface area (Å²) in [6.45, 7) is 12.8. The van der Waals surface area contributed by atoms with Crippen LogP contribution in [0.1, 0.15) is 60.8 Å². The second-order valence-electron chi connectivity index (χ2n) is 7.99. The predicted octanol–water partition coefficient (Wildman–Crippen LogP) is 3.56. The van der Waals surface area contributed by atoms with Crippen LogP contribution in [-0.2, 0) is 14.3 Å². The molecule has 0 aromatic heterocycles. The number of hydrogen-bond acceptors (Lipinski definition) is 3. The van der Waals surface area contributed by atoms with Crippen LogP contribution < -0.4 is 0 Å². The molecule has 0 heterocycles. The molecule has 0 aromatic carbocycles. The Morgan fingerprint density at radius 2 is 1.89 bits per heavy atom. The minimum Gasteiger partial charge on any atom is -0.460 e. The minimum absolute atomic E-state index is 0.0567. The monoisotopic (exact) mass is 268 g/mol. The molecular weight excluding hydrogens is 240 g/mol. The van der Waals surface area contributed by atoms with Gasteiger partial charge in [-0.1, -0.05) is 20.8 Å². The van der Waals surface area contributed by atoms with Crippen LogP contribution in [0.25, 0.3) is 0 Å². The van der Waals surface area contributed by atoms with Crippen molar-refractivity contribution in [3.8, 4) is 0 Å². The maximum absolute atomic E-state index is 11.9. The summed E-state index contributed by atoms with van der Waals surface area (Å²) in [5.74, 6) is 0.475. The van der Waals surface area contributed by atoms with Crippen LogP contribution in [0.15, 0.2) is 0 Å². The molecule has 2 rings (SSSR count). The molecule has 2 bridgehead atoms. The Balaban J connectivity index is 1.93. The van der Waals surface area contributed by atoms with Crippen molar-refractivity contribution in [3.63, 3.8) is 0 Å². The SMILES string of the molecule is CC(C)(C)OCC(=O)OC1CC2CCC1(C)C2(C)C. The Labute approximate surface area is 117 Å². The molecule has 0 radical (unpaired) electrons. The second-order valence-corrected chi connectivity index (χ2v) is 7.99. The highest BCUT2D eigenvalue weighted by Gasteiger charge is 2.62. The van der Waals surface area contributed by atoms with Crippen molar-refractivity contribution >= 4 is 5.97 Å². The van der Waals surface area contributed by atoms with Crippen molar-refractivity contribution in [2.75, 3.05) is 6.61 Å². The van der Waals surface area contributed by atoms with Gasteiger partial charge in [-0.3, -0.25) is 0 Å². The van der Waals surface area contributed by atoms with Gasteiger partial charge >= 0.3 is 5.97 Å². The first kappa shape index (κ1) is 14.8. The summed E-state index contributed by atoms with van der Waals surface area (Å²) in [6.07, 6.45) is 3.53. The number of esters is 1. The third-order valence-corrected chi connectivity index (χ3v) is 5.61. The maximum Gasteiger partial charge on any atom is 0.332 e. The molecule has 0 N–H and O–H groups in total. The van der Waals surface area contributed by atoms with E-state index in [1.807, 2.05) is 20.8 Å². The van der Waals surface area contributed by atoms with Crippen molar-refractivity contribution in [3.05, 3.63) is 0 Å². The first-order valence-electron chi connectivity index (χ1n) is 7.40. The van der Waals surface area contributed by atoms with E-state index in [2.05, 4.69) is 20.8 Å². The zero-order valence-corrected chi connectivity index (χ0v) is 13.2. The Morgan fingerprint density at radius 1 is 1.26 bits per heavy atom. The summed E-state index contributed by atoms with van der Waals surface area (Å²) in [5.41, 5.74) is 0.120. The third-order valence-electron chi connectivity index (χ3n) is 5.61. The van der Waals surface area contributed by atoms with E-state index in [1.54, 1.807) is 0 Å². The van der Waals surface area contributed by atoms with E-state index in [0.717, 1.165) is 6.42 Å². The molecule has 0 spiro atoms. The van der Waals surface area contributed by atoms with Gasteiger partial charge < -0.3 is 9.47 Å². The summed E-state index contributed by atoms with van der Waals surface area (Å²) < 4.78 is 11.2. The van der Waals surface area contributed by atoms with Crippen LogP contribution in [0.3, 0.4) is 0 Å². The van der Waals surface area contributed by atoms with E-state index >= 15 is 0 Å². The van der Waals surface area contributed by atoms with Gasteiger partial charge in [0.25, 0.3) is 0 Å². The van der Waals surface area contributed by atoms with Gasteiger partial charge in [-0.15, -0.1) is 0 Å². The van der Waals surface area contributed by atoms with Gasteiger partial charge in [0.15, 0.2) is 0 Å². The normalized spacial score (nSPS) is 36.5. The Morgan fingerprint density at radius 3 is 2.32 bits per heavy atom. The summed E-state index contributed by atoms with van der Waals surface area (Å²) in [5, 5.41) is 0. The summed E-state index contributed by atoms with van der Waals surface area (Å²) in [7, 11) is 0. The fourth-order valence-electron chi connectivity index (χ4n) is 3.78. The Bertz CT molecular complexity index is 367. The fourth-order valence-corrected chi connectivity index (χ4v) is 3.78. The number of carbonyl (C=O) groups is 1. The lowest BCUT2D eigenvalue weighted by Crippen LogP contribution is -2.39. The molecule has 0 aliphatic heterocycles. The topological polar surface area (TPSA) is 35.5 Å².